The van der Waals surface area contributed by atoms with Crippen LogP contribution in [0.2, 0.25) is 5.02 Å². The van der Waals surface area contributed by atoms with Crippen LogP contribution < -0.4 is 14.5 Å². The van der Waals surface area contributed by atoms with Crippen molar-refractivity contribution in [1.82, 2.24) is 0 Å². The third kappa shape index (κ3) is 4.57. The lowest BCUT2D eigenvalue weighted by molar-refractivity contribution is -0.898. The van der Waals surface area contributed by atoms with E-state index in [1.807, 2.05) is 38.1 Å². The average Bonchev–Trinajstić information content (AvgIpc) is 2.61. The lowest BCUT2D eigenvalue weighted by Crippen LogP contribution is -3.14. The Morgan fingerprint density at radius 1 is 1.11 bits per heavy atom. The number of benzene rings is 2. The number of halogens is 1. The summed E-state index contributed by atoms with van der Waals surface area (Å²) in [5.41, 5.74) is 3.17. The van der Waals surface area contributed by atoms with Crippen molar-refractivity contribution in [2.24, 2.45) is 0 Å². The molecule has 0 amide bonds. The zero-order valence-electron chi connectivity index (χ0n) is 16.0. The summed E-state index contributed by atoms with van der Waals surface area (Å²) < 4.78 is 28.8. The lowest BCUT2D eigenvalue weighted by atomic mass is 10.2. The van der Waals surface area contributed by atoms with Gasteiger partial charge in [0.1, 0.15) is 0 Å². The molecule has 0 aromatic heterocycles. The number of nitrogens with zero attached hydrogens (tertiary/aromatic N) is 1. The van der Waals surface area contributed by atoms with Crippen molar-refractivity contribution in [2.75, 3.05) is 42.3 Å². The maximum Gasteiger partial charge on any atom is 0.262 e. The van der Waals surface area contributed by atoms with Crippen molar-refractivity contribution in [3.05, 3.63) is 52.5 Å². The van der Waals surface area contributed by atoms with Gasteiger partial charge in [-0.15, -0.1) is 0 Å². The van der Waals surface area contributed by atoms with E-state index >= 15 is 0 Å². The first-order valence-corrected chi connectivity index (χ1v) is 11.1. The van der Waals surface area contributed by atoms with Crippen LogP contribution in [0.15, 0.2) is 41.3 Å². The fraction of sp³-hybridized carbons (Fsp3) is 0.400. The van der Waals surface area contributed by atoms with Gasteiger partial charge in [-0.25, -0.2) is 8.42 Å². The number of aryl methyl sites for hydroxylation is 2. The van der Waals surface area contributed by atoms with E-state index < -0.39 is 10.0 Å². The van der Waals surface area contributed by atoms with Gasteiger partial charge in [0.25, 0.3) is 10.0 Å². The zero-order chi connectivity index (χ0) is 19.6. The molecule has 7 heteroatoms. The molecule has 0 radical (unpaired) electrons. The van der Waals surface area contributed by atoms with Gasteiger partial charge in [0.05, 0.1) is 49.0 Å². The van der Waals surface area contributed by atoms with Crippen molar-refractivity contribution < 1.29 is 13.3 Å². The second-order valence-corrected chi connectivity index (χ2v) is 9.21. The Morgan fingerprint density at radius 3 is 2.44 bits per heavy atom. The largest absolute Gasteiger partial charge is 0.359 e. The molecule has 3 rings (SSSR count). The Labute approximate surface area is 167 Å². The van der Waals surface area contributed by atoms with Gasteiger partial charge in [-0.2, -0.15) is 0 Å². The number of rotatable bonds is 5. The van der Waals surface area contributed by atoms with Crippen LogP contribution in [0.5, 0.6) is 0 Å². The maximum absolute atomic E-state index is 13.0. The minimum absolute atomic E-state index is 0.291. The van der Waals surface area contributed by atoms with Crippen molar-refractivity contribution in [3.63, 3.8) is 0 Å². The third-order valence-corrected chi connectivity index (χ3v) is 6.89. The molecule has 5 nitrogen and oxygen atoms in total. The number of anilines is 2. The Hall–Kier alpha value is -1.76. The summed E-state index contributed by atoms with van der Waals surface area (Å²) in [4.78, 5) is 4.09. The smallest absolute Gasteiger partial charge is 0.262 e. The normalized spacial score (nSPS) is 15.8. The highest BCUT2D eigenvalue weighted by molar-refractivity contribution is 7.92. The van der Waals surface area contributed by atoms with Gasteiger partial charge < -0.3 is 9.80 Å². The summed E-state index contributed by atoms with van der Waals surface area (Å²) in [5, 5.41) is 0.509. The topological polar surface area (TPSA) is 53.9 Å². The molecule has 2 N–H and O–H groups in total. The number of piperazine rings is 1. The van der Waals surface area contributed by atoms with E-state index in [4.69, 9.17) is 11.6 Å². The highest BCUT2D eigenvalue weighted by Crippen LogP contribution is 2.31. The predicted molar refractivity (Wildman–Crippen MR) is 112 cm³/mol. The van der Waals surface area contributed by atoms with Crippen molar-refractivity contribution >= 4 is 33.0 Å². The molecular formula is C20H27ClN3O2S+. The number of nitrogens with one attached hydrogen (secondary N) is 2. The van der Waals surface area contributed by atoms with Gasteiger partial charge in [0.15, 0.2) is 0 Å². The lowest BCUT2D eigenvalue weighted by Gasteiger charge is -2.34. The second-order valence-electron chi connectivity index (χ2n) is 7.13. The molecule has 27 heavy (non-hydrogen) atoms. The van der Waals surface area contributed by atoms with E-state index in [0.29, 0.717) is 15.6 Å². The molecule has 0 aliphatic carbocycles. The summed E-state index contributed by atoms with van der Waals surface area (Å²) >= 11 is 6.17. The standard InChI is InChI=1S/C20H26ClN3O2S/c1-4-23-9-11-24(12-10-23)19-7-6-17(21)14-18(19)22-27(25,26)20-8-5-15(2)13-16(20)3/h5-8,13-14,22H,4,9-12H2,1-3H3/p+1. The molecular weight excluding hydrogens is 382 g/mol. The molecule has 2 aromatic rings. The van der Waals surface area contributed by atoms with Crippen LogP contribution in [0.4, 0.5) is 11.4 Å². The zero-order valence-corrected chi connectivity index (χ0v) is 17.6. The summed E-state index contributed by atoms with van der Waals surface area (Å²) in [5.74, 6) is 0. The fourth-order valence-electron chi connectivity index (χ4n) is 3.58. The van der Waals surface area contributed by atoms with Crippen LogP contribution >= 0.6 is 11.6 Å². The Balaban J connectivity index is 1.91. The Morgan fingerprint density at radius 2 is 1.81 bits per heavy atom. The van der Waals surface area contributed by atoms with Crippen molar-refractivity contribution in [1.29, 1.82) is 0 Å². The van der Waals surface area contributed by atoms with E-state index in [1.54, 1.807) is 17.0 Å². The molecule has 0 atom stereocenters. The molecule has 0 bridgehead atoms. The van der Waals surface area contributed by atoms with Crippen molar-refractivity contribution in [2.45, 2.75) is 25.7 Å². The number of hydrogen-bond acceptors (Lipinski definition) is 3. The SMILES string of the molecule is CC[NH+]1CCN(c2ccc(Cl)cc2NS(=O)(=O)c2ccc(C)cc2C)CC1. The highest BCUT2D eigenvalue weighted by Gasteiger charge is 2.24. The molecule has 0 spiro atoms. The summed E-state index contributed by atoms with van der Waals surface area (Å²) in [6.45, 7) is 10.9. The molecule has 1 aliphatic rings. The van der Waals surface area contributed by atoms with Crippen LogP contribution in [0.3, 0.4) is 0 Å². The predicted octanol–water partition coefficient (Wildman–Crippen LogP) is 2.48. The van der Waals surface area contributed by atoms with Gasteiger partial charge in [-0.1, -0.05) is 29.3 Å². The monoisotopic (exact) mass is 408 g/mol. The molecule has 1 heterocycles. The van der Waals surface area contributed by atoms with Gasteiger partial charge in [-0.05, 0) is 50.6 Å². The minimum Gasteiger partial charge on any atom is -0.359 e. The van der Waals surface area contributed by atoms with Gasteiger partial charge in [0, 0.05) is 5.02 Å². The summed E-state index contributed by atoms with van der Waals surface area (Å²) in [6, 6.07) is 10.7. The van der Waals surface area contributed by atoms with E-state index in [9.17, 15) is 8.42 Å². The number of likely N-dealkylation sites (N-methyl/N-ethyl adjacent to an activating group) is 1. The van der Waals surface area contributed by atoms with Crippen LogP contribution in [-0.4, -0.2) is 41.1 Å². The molecule has 1 aliphatic heterocycles. The van der Waals surface area contributed by atoms with Crippen LogP contribution in [0.25, 0.3) is 0 Å². The minimum atomic E-state index is -3.69. The first-order chi connectivity index (χ1) is 12.8. The number of hydrogen-bond donors (Lipinski definition) is 2. The van der Waals surface area contributed by atoms with Gasteiger partial charge in [-0.3, -0.25) is 4.72 Å². The van der Waals surface area contributed by atoms with Gasteiger partial charge >= 0.3 is 0 Å². The first-order valence-electron chi connectivity index (χ1n) is 9.28. The quantitative estimate of drug-likeness (QED) is 0.799. The van der Waals surface area contributed by atoms with E-state index in [0.717, 1.165) is 49.5 Å². The summed E-state index contributed by atoms with van der Waals surface area (Å²) in [6.07, 6.45) is 0. The number of sulfonamides is 1. The van der Waals surface area contributed by atoms with Crippen LogP contribution in [-0.2, 0) is 10.0 Å². The number of quaternary nitrogens is 1. The van der Waals surface area contributed by atoms with E-state index in [1.165, 1.54) is 0 Å². The van der Waals surface area contributed by atoms with E-state index in [2.05, 4.69) is 16.5 Å². The Bertz CT molecular complexity index is 923. The Kier molecular flexibility index (Phi) is 5.99. The maximum atomic E-state index is 13.0. The fourth-order valence-corrected chi connectivity index (χ4v) is 5.05. The molecule has 146 valence electrons. The summed E-state index contributed by atoms with van der Waals surface area (Å²) in [7, 11) is -3.69. The molecule has 1 fully saturated rings. The van der Waals surface area contributed by atoms with Crippen molar-refractivity contribution in [3.8, 4) is 0 Å². The molecule has 1 saturated heterocycles. The van der Waals surface area contributed by atoms with Crippen LogP contribution in [0.1, 0.15) is 18.1 Å². The highest BCUT2D eigenvalue weighted by atomic mass is 35.5. The van der Waals surface area contributed by atoms with E-state index in [-0.39, 0.29) is 0 Å². The molecule has 2 aromatic carbocycles. The van der Waals surface area contributed by atoms with Crippen LogP contribution in [0, 0.1) is 13.8 Å². The second kappa shape index (κ2) is 8.09. The molecule has 0 unspecified atom stereocenters. The first kappa shape index (κ1) is 20.0. The van der Waals surface area contributed by atoms with Gasteiger partial charge in [0.2, 0.25) is 0 Å². The molecule has 0 saturated carbocycles. The third-order valence-electron chi connectivity index (χ3n) is 5.13. The average molecular weight is 409 g/mol.